The second-order valence-electron chi connectivity index (χ2n) is 8.99. The second kappa shape index (κ2) is 10.1. The molecule has 0 unspecified atom stereocenters. The minimum atomic E-state index is -0.163. The highest BCUT2D eigenvalue weighted by atomic mass is 35.5. The number of pyridine rings is 1. The fourth-order valence-corrected chi connectivity index (χ4v) is 4.92. The smallest absolute Gasteiger partial charge is 0.226 e. The zero-order chi connectivity index (χ0) is 25.2. The van der Waals surface area contributed by atoms with Gasteiger partial charge in [0.1, 0.15) is 0 Å². The molecule has 182 valence electrons. The molecule has 1 amide bonds. The van der Waals surface area contributed by atoms with Crippen LogP contribution in [0.3, 0.4) is 0 Å². The van der Waals surface area contributed by atoms with Crippen molar-refractivity contribution in [2.45, 2.75) is 25.9 Å². The molecule has 2 atom stereocenters. The Labute approximate surface area is 220 Å². The first-order chi connectivity index (χ1) is 17.4. The van der Waals surface area contributed by atoms with Gasteiger partial charge in [-0.2, -0.15) is 0 Å². The lowest BCUT2D eigenvalue weighted by Gasteiger charge is -2.27. The minimum Gasteiger partial charge on any atom is -0.351 e. The van der Waals surface area contributed by atoms with E-state index in [-0.39, 0.29) is 23.9 Å². The van der Waals surface area contributed by atoms with Crippen LogP contribution >= 0.6 is 23.8 Å². The average molecular weight is 516 g/mol. The van der Waals surface area contributed by atoms with Crippen LogP contribution in [0.15, 0.2) is 91.4 Å². The van der Waals surface area contributed by atoms with Crippen LogP contribution in [-0.4, -0.2) is 20.6 Å². The van der Waals surface area contributed by atoms with Gasteiger partial charge < -0.3 is 20.1 Å². The lowest BCUT2D eigenvalue weighted by molar-refractivity contribution is -0.118. The van der Waals surface area contributed by atoms with Gasteiger partial charge in [0.2, 0.25) is 5.91 Å². The number of hydrogen-bond donors (Lipinski definition) is 2. The van der Waals surface area contributed by atoms with Crippen molar-refractivity contribution in [1.29, 1.82) is 0 Å². The monoisotopic (exact) mass is 515 g/mol. The van der Waals surface area contributed by atoms with Crippen LogP contribution in [0.4, 0.5) is 11.4 Å². The summed E-state index contributed by atoms with van der Waals surface area (Å²) in [5.74, 6) is -0.230. The molecule has 0 aliphatic carbocycles. The molecule has 2 aromatic carbocycles. The van der Waals surface area contributed by atoms with Crippen molar-refractivity contribution in [3.8, 4) is 5.69 Å². The largest absolute Gasteiger partial charge is 0.351 e. The van der Waals surface area contributed by atoms with Crippen LogP contribution in [0.2, 0.25) is 5.02 Å². The van der Waals surface area contributed by atoms with Gasteiger partial charge in [0, 0.05) is 35.9 Å². The van der Waals surface area contributed by atoms with E-state index >= 15 is 0 Å². The van der Waals surface area contributed by atoms with E-state index in [1.165, 1.54) is 0 Å². The molecule has 1 aliphatic heterocycles. The molecule has 0 spiro atoms. The Morgan fingerprint density at radius 3 is 2.53 bits per heavy atom. The molecule has 36 heavy (non-hydrogen) atoms. The van der Waals surface area contributed by atoms with Crippen LogP contribution in [0.1, 0.15) is 37.2 Å². The number of carbonyl (C=O) groups excluding carboxylic acids is 1. The van der Waals surface area contributed by atoms with Crippen molar-refractivity contribution in [3.63, 3.8) is 0 Å². The standard InChI is InChI=1S/C28H26ClN5OS/c1-18(2)27(35)31-23-12-11-21(16-22(23)29)34-26(25(32-28(34)36)24-10-6-7-14-30-24)19-13-15-33(17-19)20-8-4-3-5-9-20/h3-18,25-26H,1-2H3,(H,31,35)(H,32,36)/t25-,26-/m0/s1. The summed E-state index contributed by atoms with van der Waals surface area (Å²) in [4.78, 5) is 18.9. The number of aromatic nitrogens is 2. The zero-order valence-electron chi connectivity index (χ0n) is 19.9. The van der Waals surface area contributed by atoms with Crippen LogP contribution in [0.25, 0.3) is 5.69 Å². The third kappa shape index (κ3) is 4.72. The van der Waals surface area contributed by atoms with Crippen LogP contribution in [0, 0.1) is 5.92 Å². The second-order valence-corrected chi connectivity index (χ2v) is 9.79. The van der Waals surface area contributed by atoms with E-state index < -0.39 is 0 Å². The number of thiocarbonyl (C=S) groups is 1. The van der Waals surface area contributed by atoms with Gasteiger partial charge in [0.25, 0.3) is 0 Å². The van der Waals surface area contributed by atoms with E-state index in [4.69, 9.17) is 23.8 Å². The third-order valence-corrected chi connectivity index (χ3v) is 6.85. The molecule has 3 heterocycles. The highest BCUT2D eigenvalue weighted by Crippen LogP contribution is 2.43. The lowest BCUT2D eigenvalue weighted by atomic mass is 9.98. The molecule has 5 rings (SSSR count). The van der Waals surface area contributed by atoms with Gasteiger partial charge in [-0.15, -0.1) is 0 Å². The SMILES string of the molecule is CC(C)C(=O)Nc1ccc(N2C(=S)N[C@@H](c3ccccn3)[C@@H]2c2ccn(-c3ccccc3)c2)cc1Cl. The quantitative estimate of drug-likeness (QED) is 0.295. The number of nitrogens with zero attached hydrogens (tertiary/aromatic N) is 3. The van der Waals surface area contributed by atoms with Crippen LogP contribution in [0.5, 0.6) is 0 Å². The third-order valence-electron chi connectivity index (χ3n) is 6.22. The predicted molar refractivity (Wildman–Crippen MR) is 149 cm³/mol. The Morgan fingerprint density at radius 2 is 1.83 bits per heavy atom. The first kappa shape index (κ1) is 24.0. The van der Waals surface area contributed by atoms with E-state index in [2.05, 4.69) is 55.7 Å². The van der Waals surface area contributed by atoms with Crippen LogP contribution < -0.4 is 15.5 Å². The molecule has 2 N–H and O–H groups in total. The molecule has 1 fully saturated rings. The molecular formula is C28H26ClN5OS. The van der Waals surface area contributed by atoms with Gasteiger partial charge in [0.15, 0.2) is 5.11 Å². The van der Waals surface area contributed by atoms with E-state index in [1.54, 1.807) is 6.20 Å². The van der Waals surface area contributed by atoms with Gasteiger partial charge in [-0.1, -0.05) is 49.7 Å². The van der Waals surface area contributed by atoms with Gasteiger partial charge in [-0.25, -0.2) is 0 Å². The highest BCUT2D eigenvalue weighted by Gasteiger charge is 2.41. The summed E-state index contributed by atoms with van der Waals surface area (Å²) in [6.07, 6.45) is 5.96. The highest BCUT2D eigenvalue weighted by molar-refractivity contribution is 7.80. The molecule has 8 heteroatoms. The number of halogens is 1. The van der Waals surface area contributed by atoms with Crippen molar-refractivity contribution in [2.75, 3.05) is 10.2 Å². The van der Waals surface area contributed by atoms with Gasteiger partial charge in [-0.3, -0.25) is 9.78 Å². The van der Waals surface area contributed by atoms with E-state index in [0.29, 0.717) is 15.8 Å². The number of anilines is 2. The minimum absolute atomic E-state index is 0.0849. The van der Waals surface area contributed by atoms with Crippen LogP contribution in [-0.2, 0) is 4.79 Å². The molecule has 1 aliphatic rings. The normalized spacial score (nSPS) is 17.3. The number of rotatable bonds is 6. The van der Waals surface area contributed by atoms with Crippen molar-refractivity contribution in [3.05, 3.63) is 108 Å². The number of benzene rings is 2. The van der Waals surface area contributed by atoms with Crippen molar-refractivity contribution >= 4 is 46.2 Å². The molecular weight excluding hydrogens is 490 g/mol. The fraction of sp³-hybridized carbons (Fsp3) is 0.179. The molecule has 6 nitrogen and oxygen atoms in total. The van der Waals surface area contributed by atoms with E-state index in [9.17, 15) is 4.79 Å². The fourth-order valence-electron chi connectivity index (χ4n) is 4.35. The number of amides is 1. The summed E-state index contributed by atoms with van der Waals surface area (Å²) < 4.78 is 2.10. The number of hydrogen-bond acceptors (Lipinski definition) is 3. The first-order valence-electron chi connectivity index (χ1n) is 11.8. The Balaban J connectivity index is 1.54. The van der Waals surface area contributed by atoms with Gasteiger partial charge in [0.05, 0.1) is 28.5 Å². The van der Waals surface area contributed by atoms with Gasteiger partial charge in [-0.05, 0) is 66.3 Å². The summed E-state index contributed by atoms with van der Waals surface area (Å²) in [5.41, 5.74) is 4.45. The maximum atomic E-state index is 12.2. The van der Waals surface area contributed by atoms with Crippen molar-refractivity contribution in [1.82, 2.24) is 14.9 Å². The summed E-state index contributed by atoms with van der Waals surface area (Å²) in [6, 6.07) is 23.4. The number of para-hydroxylation sites is 1. The number of nitrogens with one attached hydrogen (secondary N) is 2. The lowest BCUT2D eigenvalue weighted by Crippen LogP contribution is -2.29. The van der Waals surface area contributed by atoms with E-state index in [0.717, 1.165) is 22.6 Å². The topological polar surface area (TPSA) is 62.2 Å². The molecule has 0 saturated carbocycles. The molecule has 4 aromatic rings. The molecule has 2 aromatic heterocycles. The molecule has 0 bridgehead atoms. The summed E-state index contributed by atoms with van der Waals surface area (Å²) >= 11 is 12.4. The van der Waals surface area contributed by atoms with E-state index in [1.807, 2.05) is 68.4 Å². The predicted octanol–water partition coefficient (Wildman–Crippen LogP) is 6.30. The Morgan fingerprint density at radius 1 is 1.06 bits per heavy atom. The van der Waals surface area contributed by atoms with Crippen molar-refractivity contribution < 1.29 is 4.79 Å². The Kier molecular flexibility index (Phi) is 6.76. The zero-order valence-corrected chi connectivity index (χ0v) is 21.5. The Bertz CT molecular complexity index is 1390. The summed E-state index contributed by atoms with van der Waals surface area (Å²) in [6.45, 7) is 3.69. The summed E-state index contributed by atoms with van der Waals surface area (Å²) in [5, 5.41) is 7.39. The molecule has 0 radical (unpaired) electrons. The number of carbonyl (C=O) groups is 1. The van der Waals surface area contributed by atoms with Gasteiger partial charge >= 0.3 is 0 Å². The maximum absolute atomic E-state index is 12.2. The Hall–Kier alpha value is -3.68. The van der Waals surface area contributed by atoms with Crippen molar-refractivity contribution in [2.24, 2.45) is 5.92 Å². The first-order valence-corrected chi connectivity index (χ1v) is 12.6. The average Bonchev–Trinajstić information content (AvgIpc) is 3.51. The summed E-state index contributed by atoms with van der Waals surface area (Å²) in [7, 11) is 0. The molecule has 1 saturated heterocycles. The maximum Gasteiger partial charge on any atom is 0.226 e.